The first-order valence-corrected chi connectivity index (χ1v) is 10.1. The molecule has 0 unspecified atom stereocenters. The second-order valence-corrected chi connectivity index (χ2v) is 8.18. The fourth-order valence-electron chi connectivity index (χ4n) is 3.47. The standard InChI is InChI=1S/C17H17BrN4O2S/c18-10-6-7-13-12(8-10)15(16(24)19-13)20-21-17-22(14(23)9-25-17)11-4-2-1-3-5-11/h6-8,11H,1-5,9H2,(H,19,20,24)/b21-17+. The minimum absolute atomic E-state index is 0.0925. The molecule has 0 aromatic heterocycles. The number of anilines is 1. The molecule has 4 rings (SSSR count). The zero-order valence-electron chi connectivity index (χ0n) is 13.5. The Morgan fingerprint density at radius 3 is 2.76 bits per heavy atom. The number of carbonyl (C=O) groups excluding carboxylic acids is 2. The van der Waals surface area contributed by atoms with Gasteiger partial charge in [-0.05, 0) is 31.0 Å². The van der Waals surface area contributed by atoms with Crippen LogP contribution < -0.4 is 5.32 Å². The largest absolute Gasteiger partial charge is 0.320 e. The highest BCUT2D eigenvalue weighted by Gasteiger charge is 2.35. The van der Waals surface area contributed by atoms with Crippen LogP contribution in [0.25, 0.3) is 0 Å². The third kappa shape index (κ3) is 3.25. The zero-order chi connectivity index (χ0) is 17.4. The van der Waals surface area contributed by atoms with Crippen molar-refractivity contribution in [3.05, 3.63) is 28.2 Å². The molecule has 8 heteroatoms. The topological polar surface area (TPSA) is 74.1 Å². The van der Waals surface area contributed by atoms with Gasteiger partial charge in [-0.1, -0.05) is 47.0 Å². The number of hydrogen-bond donors (Lipinski definition) is 1. The van der Waals surface area contributed by atoms with Crippen molar-refractivity contribution in [1.29, 1.82) is 0 Å². The van der Waals surface area contributed by atoms with E-state index in [0.717, 1.165) is 41.4 Å². The van der Waals surface area contributed by atoms with Gasteiger partial charge in [0, 0.05) is 16.1 Å². The van der Waals surface area contributed by atoms with Gasteiger partial charge in [-0.25, -0.2) is 0 Å². The highest BCUT2D eigenvalue weighted by atomic mass is 79.9. The first-order chi connectivity index (χ1) is 12.1. The fraction of sp³-hybridized carbons (Fsp3) is 0.412. The number of halogens is 1. The zero-order valence-corrected chi connectivity index (χ0v) is 15.9. The molecular weight excluding hydrogens is 404 g/mol. The monoisotopic (exact) mass is 420 g/mol. The van der Waals surface area contributed by atoms with Gasteiger partial charge in [0.15, 0.2) is 10.9 Å². The minimum Gasteiger partial charge on any atom is -0.320 e. The quantitative estimate of drug-likeness (QED) is 0.745. The van der Waals surface area contributed by atoms with Crippen LogP contribution in [0.4, 0.5) is 5.69 Å². The van der Waals surface area contributed by atoms with Crippen LogP contribution in [0.2, 0.25) is 0 Å². The predicted octanol–water partition coefficient (Wildman–Crippen LogP) is 3.37. The number of benzene rings is 1. The van der Waals surface area contributed by atoms with Crippen LogP contribution in [0.1, 0.15) is 37.7 Å². The molecule has 0 spiro atoms. The number of nitrogens with zero attached hydrogens (tertiary/aromatic N) is 3. The molecule has 1 N–H and O–H groups in total. The lowest BCUT2D eigenvalue weighted by atomic mass is 9.94. The Kier molecular flexibility index (Phi) is 4.64. The lowest BCUT2D eigenvalue weighted by molar-refractivity contribution is -0.126. The maximum Gasteiger partial charge on any atom is 0.276 e. The number of rotatable bonds is 2. The Morgan fingerprint density at radius 1 is 1.16 bits per heavy atom. The SMILES string of the molecule is O=C1Nc2ccc(Br)cc2/C1=N/N=C1/SCC(=O)N1C1CCCCC1. The van der Waals surface area contributed by atoms with E-state index in [9.17, 15) is 9.59 Å². The Morgan fingerprint density at radius 2 is 1.96 bits per heavy atom. The van der Waals surface area contributed by atoms with Crippen LogP contribution in [0, 0.1) is 0 Å². The van der Waals surface area contributed by atoms with Crippen LogP contribution in [-0.4, -0.2) is 39.4 Å². The second kappa shape index (κ2) is 6.92. The molecule has 1 aromatic carbocycles. The highest BCUT2D eigenvalue weighted by Crippen LogP contribution is 2.31. The van der Waals surface area contributed by atoms with Gasteiger partial charge in [0.05, 0.1) is 11.4 Å². The molecule has 1 aliphatic carbocycles. The third-order valence-electron chi connectivity index (χ3n) is 4.67. The van der Waals surface area contributed by atoms with Gasteiger partial charge in [0.1, 0.15) is 0 Å². The van der Waals surface area contributed by atoms with E-state index in [0.29, 0.717) is 10.9 Å². The number of thioether (sulfide) groups is 1. The van der Waals surface area contributed by atoms with E-state index in [1.165, 1.54) is 18.2 Å². The van der Waals surface area contributed by atoms with E-state index in [-0.39, 0.29) is 23.6 Å². The van der Waals surface area contributed by atoms with Crippen LogP contribution >= 0.6 is 27.7 Å². The molecule has 6 nitrogen and oxygen atoms in total. The maximum absolute atomic E-state index is 12.3. The summed E-state index contributed by atoms with van der Waals surface area (Å²) in [5, 5.41) is 11.9. The minimum atomic E-state index is -0.268. The van der Waals surface area contributed by atoms with Gasteiger partial charge >= 0.3 is 0 Å². The predicted molar refractivity (Wildman–Crippen MR) is 103 cm³/mol. The summed E-state index contributed by atoms with van der Waals surface area (Å²) in [7, 11) is 0. The third-order valence-corrected chi connectivity index (χ3v) is 6.10. The second-order valence-electron chi connectivity index (χ2n) is 6.32. The van der Waals surface area contributed by atoms with Crippen LogP contribution in [0.3, 0.4) is 0 Å². The molecule has 2 fully saturated rings. The Balaban J connectivity index is 1.64. The summed E-state index contributed by atoms with van der Waals surface area (Å²) in [6, 6.07) is 5.76. The van der Waals surface area contributed by atoms with Gasteiger partial charge < -0.3 is 5.32 Å². The van der Waals surface area contributed by atoms with E-state index >= 15 is 0 Å². The smallest absolute Gasteiger partial charge is 0.276 e. The molecule has 2 aliphatic heterocycles. The van der Waals surface area contributed by atoms with Crippen molar-refractivity contribution in [3.63, 3.8) is 0 Å². The molecule has 1 saturated carbocycles. The number of nitrogens with one attached hydrogen (secondary N) is 1. The summed E-state index contributed by atoms with van der Waals surface area (Å²) in [5.74, 6) is 0.222. The summed E-state index contributed by atoms with van der Waals surface area (Å²) >= 11 is 4.81. The van der Waals surface area contributed by atoms with Crippen molar-refractivity contribution in [2.75, 3.05) is 11.1 Å². The molecule has 0 radical (unpaired) electrons. The normalized spacial score (nSPS) is 24.3. The van der Waals surface area contributed by atoms with Crippen molar-refractivity contribution in [3.8, 4) is 0 Å². The molecule has 0 bridgehead atoms. The van der Waals surface area contributed by atoms with Gasteiger partial charge in [0.25, 0.3) is 5.91 Å². The Hall–Kier alpha value is -1.67. The van der Waals surface area contributed by atoms with Crippen molar-refractivity contribution in [1.82, 2.24) is 4.90 Å². The number of amidine groups is 1. The average molecular weight is 421 g/mol. The van der Waals surface area contributed by atoms with Gasteiger partial charge in [0.2, 0.25) is 5.91 Å². The number of fused-ring (bicyclic) bond motifs is 1. The highest BCUT2D eigenvalue weighted by molar-refractivity contribution is 9.10. The first kappa shape index (κ1) is 16.8. The molecule has 1 saturated heterocycles. The van der Waals surface area contributed by atoms with Crippen LogP contribution in [-0.2, 0) is 9.59 Å². The molecular formula is C17H17BrN4O2S. The molecule has 2 heterocycles. The van der Waals surface area contributed by atoms with Gasteiger partial charge in [-0.15, -0.1) is 10.2 Å². The first-order valence-electron chi connectivity index (χ1n) is 8.35. The molecule has 1 aromatic rings. The molecule has 3 aliphatic rings. The summed E-state index contributed by atoms with van der Waals surface area (Å²) in [6.45, 7) is 0. The van der Waals surface area contributed by atoms with E-state index < -0.39 is 0 Å². The Bertz CT molecular complexity index is 802. The van der Waals surface area contributed by atoms with Gasteiger partial charge in [-0.2, -0.15) is 0 Å². The molecule has 2 amide bonds. The summed E-state index contributed by atoms with van der Waals surface area (Å²) in [5.41, 5.74) is 1.74. The van der Waals surface area contributed by atoms with Crippen molar-refractivity contribution in [2.45, 2.75) is 38.1 Å². The summed E-state index contributed by atoms with van der Waals surface area (Å²) in [4.78, 5) is 26.3. The van der Waals surface area contributed by atoms with E-state index in [1.54, 1.807) is 4.90 Å². The van der Waals surface area contributed by atoms with Crippen molar-refractivity contribution < 1.29 is 9.59 Å². The molecule has 0 atom stereocenters. The molecule has 25 heavy (non-hydrogen) atoms. The average Bonchev–Trinajstić information content (AvgIpc) is 3.13. The summed E-state index contributed by atoms with van der Waals surface area (Å²) in [6.07, 6.45) is 5.54. The summed E-state index contributed by atoms with van der Waals surface area (Å²) < 4.78 is 0.873. The van der Waals surface area contributed by atoms with Crippen molar-refractivity contribution >= 4 is 56.1 Å². The van der Waals surface area contributed by atoms with Crippen LogP contribution in [0.15, 0.2) is 32.9 Å². The van der Waals surface area contributed by atoms with Gasteiger partial charge in [-0.3, -0.25) is 14.5 Å². The Labute approximate surface area is 158 Å². The van der Waals surface area contributed by atoms with Crippen LogP contribution in [0.5, 0.6) is 0 Å². The molecule has 130 valence electrons. The number of hydrogen-bond acceptors (Lipinski definition) is 5. The number of amides is 2. The fourth-order valence-corrected chi connectivity index (χ4v) is 4.71. The van der Waals surface area contributed by atoms with Crippen molar-refractivity contribution in [2.24, 2.45) is 10.2 Å². The van der Waals surface area contributed by atoms with E-state index in [1.807, 2.05) is 18.2 Å². The van der Waals surface area contributed by atoms with E-state index in [2.05, 4.69) is 31.4 Å². The number of carbonyl (C=O) groups is 2. The maximum atomic E-state index is 12.3. The van der Waals surface area contributed by atoms with E-state index in [4.69, 9.17) is 0 Å². The lowest BCUT2D eigenvalue weighted by Gasteiger charge is -2.30. The lowest BCUT2D eigenvalue weighted by Crippen LogP contribution is -2.40.